The standard InChI is InChI=1S/C25H25N3O4S/c26-33(31,32)20-12-10-18(11-13-20)14-15-27-24(25(29)30)22-17-28(16-19-6-2-1-3-7-19)23-9-5-4-8-21(22)23/h1-13,17,24,27H,14-16H2,(H,29,30)(H2,26,31,32). The highest BCUT2D eigenvalue weighted by Gasteiger charge is 2.23. The number of rotatable bonds is 9. The maximum atomic E-state index is 12.2. The fraction of sp³-hybridized carbons (Fsp3) is 0.160. The van der Waals surface area contributed by atoms with Gasteiger partial charge in [0.05, 0.1) is 4.90 Å². The van der Waals surface area contributed by atoms with Gasteiger partial charge in [0.25, 0.3) is 0 Å². The number of nitrogens with two attached hydrogens (primary N) is 1. The number of carboxylic acid groups (broad SMARTS) is 1. The molecule has 170 valence electrons. The van der Waals surface area contributed by atoms with Crippen LogP contribution >= 0.6 is 0 Å². The normalized spacial score (nSPS) is 12.6. The lowest BCUT2D eigenvalue weighted by atomic mass is 10.1. The predicted octanol–water partition coefficient (Wildman–Crippen LogP) is 3.30. The smallest absolute Gasteiger partial charge is 0.325 e. The zero-order valence-electron chi connectivity index (χ0n) is 17.9. The van der Waals surface area contributed by atoms with Crippen LogP contribution < -0.4 is 10.5 Å². The van der Waals surface area contributed by atoms with Gasteiger partial charge in [0, 0.05) is 35.8 Å². The van der Waals surface area contributed by atoms with Crippen molar-refractivity contribution in [1.82, 2.24) is 9.88 Å². The molecule has 1 atom stereocenters. The number of aromatic nitrogens is 1. The van der Waals surface area contributed by atoms with Gasteiger partial charge in [0.15, 0.2) is 0 Å². The highest BCUT2D eigenvalue weighted by Crippen LogP contribution is 2.28. The van der Waals surface area contributed by atoms with E-state index in [4.69, 9.17) is 5.14 Å². The van der Waals surface area contributed by atoms with Crippen molar-refractivity contribution in [2.24, 2.45) is 5.14 Å². The van der Waals surface area contributed by atoms with E-state index in [2.05, 4.69) is 9.88 Å². The van der Waals surface area contributed by atoms with Gasteiger partial charge in [-0.05, 0) is 35.7 Å². The summed E-state index contributed by atoms with van der Waals surface area (Å²) in [7, 11) is -3.74. The summed E-state index contributed by atoms with van der Waals surface area (Å²) >= 11 is 0. The molecule has 4 rings (SSSR count). The molecule has 1 heterocycles. The SMILES string of the molecule is NS(=O)(=O)c1ccc(CCNC(C(=O)O)c2cn(Cc3ccccc3)c3ccccc23)cc1. The van der Waals surface area contributed by atoms with Gasteiger partial charge in [0.1, 0.15) is 6.04 Å². The minimum atomic E-state index is -3.74. The molecule has 0 saturated carbocycles. The number of fused-ring (bicyclic) bond motifs is 1. The van der Waals surface area contributed by atoms with Gasteiger partial charge in [-0.25, -0.2) is 13.6 Å². The minimum absolute atomic E-state index is 0.0499. The Labute approximate surface area is 192 Å². The van der Waals surface area contributed by atoms with Crippen LogP contribution in [0.3, 0.4) is 0 Å². The topological polar surface area (TPSA) is 114 Å². The van der Waals surface area contributed by atoms with E-state index in [9.17, 15) is 18.3 Å². The molecule has 1 unspecified atom stereocenters. The average Bonchev–Trinajstić information content (AvgIpc) is 3.15. The summed E-state index contributed by atoms with van der Waals surface area (Å²) in [5, 5.41) is 19.1. The molecule has 3 aromatic carbocycles. The van der Waals surface area contributed by atoms with Crippen molar-refractivity contribution in [3.63, 3.8) is 0 Å². The second-order valence-corrected chi connectivity index (χ2v) is 9.44. The third kappa shape index (κ3) is 5.31. The highest BCUT2D eigenvalue weighted by molar-refractivity contribution is 7.89. The maximum absolute atomic E-state index is 12.2. The molecule has 0 aliphatic rings. The van der Waals surface area contributed by atoms with Crippen LogP contribution in [0.4, 0.5) is 0 Å². The fourth-order valence-corrected chi connectivity index (χ4v) is 4.47. The summed E-state index contributed by atoms with van der Waals surface area (Å²) in [6.07, 6.45) is 2.45. The van der Waals surface area contributed by atoms with Gasteiger partial charge < -0.3 is 15.0 Å². The second kappa shape index (κ2) is 9.58. The van der Waals surface area contributed by atoms with E-state index in [1.165, 1.54) is 12.1 Å². The first-order chi connectivity index (χ1) is 15.8. The Morgan fingerprint density at radius 3 is 2.27 bits per heavy atom. The molecule has 0 aliphatic heterocycles. The Morgan fingerprint density at radius 1 is 0.939 bits per heavy atom. The summed E-state index contributed by atoms with van der Waals surface area (Å²) in [5.41, 5.74) is 3.69. The quantitative estimate of drug-likeness (QED) is 0.352. The van der Waals surface area contributed by atoms with E-state index in [1.807, 2.05) is 60.8 Å². The van der Waals surface area contributed by atoms with Crippen LogP contribution in [0.25, 0.3) is 10.9 Å². The first kappa shape index (κ1) is 22.7. The molecular weight excluding hydrogens is 438 g/mol. The number of primary sulfonamides is 1. The van der Waals surface area contributed by atoms with Crippen molar-refractivity contribution < 1.29 is 18.3 Å². The minimum Gasteiger partial charge on any atom is -0.480 e. The Balaban J connectivity index is 1.54. The number of hydrogen-bond donors (Lipinski definition) is 3. The van der Waals surface area contributed by atoms with Gasteiger partial charge in [-0.15, -0.1) is 0 Å². The molecule has 33 heavy (non-hydrogen) atoms. The summed E-state index contributed by atoms with van der Waals surface area (Å²) in [6, 6.07) is 23.2. The Kier molecular flexibility index (Phi) is 6.60. The highest BCUT2D eigenvalue weighted by atomic mass is 32.2. The van der Waals surface area contributed by atoms with E-state index < -0.39 is 22.0 Å². The van der Waals surface area contributed by atoms with Crippen LogP contribution in [0.15, 0.2) is 90.0 Å². The lowest BCUT2D eigenvalue weighted by molar-refractivity contribution is -0.139. The molecule has 0 spiro atoms. The largest absolute Gasteiger partial charge is 0.480 e. The Bertz CT molecular complexity index is 1360. The number of nitrogens with zero attached hydrogens (tertiary/aromatic N) is 1. The molecule has 0 saturated heterocycles. The summed E-state index contributed by atoms with van der Waals surface area (Å²) < 4.78 is 24.9. The molecule has 1 aromatic heterocycles. The van der Waals surface area contributed by atoms with Gasteiger partial charge in [-0.2, -0.15) is 0 Å². The number of carboxylic acids is 1. The fourth-order valence-electron chi connectivity index (χ4n) is 3.95. The number of carbonyl (C=O) groups is 1. The lowest BCUT2D eigenvalue weighted by Crippen LogP contribution is -2.30. The van der Waals surface area contributed by atoms with E-state index >= 15 is 0 Å². The van der Waals surface area contributed by atoms with Gasteiger partial charge in [-0.3, -0.25) is 4.79 Å². The Morgan fingerprint density at radius 2 is 1.61 bits per heavy atom. The molecule has 4 N–H and O–H groups in total. The van der Waals surface area contributed by atoms with E-state index in [1.54, 1.807) is 12.1 Å². The molecule has 4 aromatic rings. The molecule has 8 heteroatoms. The Hall–Kier alpha value is -3.46. The zero-order valence-corrected chi connectivity index (χ0v) is 18.7. The number of aliphatic carboxylic acids is 1. The van der Waals surface area contributed by atoms with Crippen molar-refractivity contribution >= 4 is 26.9 Å². The van der Waals surface area contributed by atoms with Crippen LogP contribution in [-0.2, 0) is 27.8 Å². The first-order valence-electron chi connectivity index (χ1n) is 10.5. The summed E-state index contributed by atoms with van der Waals surface area (Å²) in [5.74, 6) is -0.956. The van der Waals surface area contributed by atoms with Crippen LogP contribution in [0.2, 0.25) is 0 Å². The number of nitrogens with one attached hydrogen (secondary N) is 1. The monoisotopic (exact) mass is 463 g/mol. The average molecular weight is 464 g/mol. The second-order valence-electron chi connectivity index (χ2n) is 7.88. The number of benzene rings is 3. The molecule has 7 nitrogen and oxygen atoms in total. The third-order valence-corrected chi connectivity index (χ3v) is 6.52. The molecule has 0 bridgehead atoms. The number of sulfonamides is 1. The van der Waals surface area contributed by atoms with Crippen LogP contribution in [-0.4, -0.2) is 30.6 Å². The summed E-state index contributed by atoms with van der Waals surface area (Å²) in [6.45, 7) is 1.05. The third-order valence-electron chi connectivity index (χ3n) is 5.59. The van der Waals surface area contributed by atoms with E-state index in [0.29, 0.717) is 25.1 Å². The number of hydrogen-bond acceptors (Lipinski definition) is 4. The van der Waals surface area contributed by atoms with E-state index in [-0.39, 0.29) is 4.90 Å². The van der Waals surface area contributed by atoms with Crippen molar-refractivity contribution in [2.45, 2.75) is 23.9 Å². The molecule has 0 fully saturated rings. The molecular formula is C25H25N3O4S. The predicted molar refractivity (Wildman–Crippen MR) is 127 cm³/mol. The van der Waals surface area contributed by atoms with Crippen molar-refractivity contribution in [1.29, 1.82) is 0 Å². The molecule has 0 amide bonds. The van der Waals surface area contributed by atoms with Crippen LogP contribution in [0, 0.1) is 0 Å². The summed E-state index contributed by atoms with van der Waals surface area (Å²) in [4.78, 5) is 12.2. The molecule has 0 radical (unpaired) electrons. The zero-order chi connectivity index (χ0) is 23.4. The van der Waals surface area contributed by atoms with Crippen molar-refractivity contribution in [2.75, 3.05) is 6.54 Å². The lowest BCUT2D eigenvalue weighted by Gasteiger charge is -2.14. The van der Waals surface area contributed by atoms with Crippen LogP contribution in [0.1, 0.15) is 22.7 Å². The molecule has 0 aliphatic carbocycles. The van der Waals surface area contributed by atoms with Crippen molar-refractivity contribution in [3.8, 4) is 0 Å². The first-order valence-corrected chi connectivity index (χ1v) is 12.1. The van der Waals surface area contributed by atoms with Gasteiger partial charge in [-0.1, -0.05) is 60.7 Å². The van der Waals surface area contributed by atoms with Gasteiger partial charge in [0.2, 0.25) is 10.0 Å². The van der Waals surface area contributed by atoms with Crippen LogP contribution in [0.5, 0.6) is 0 Å². The van der Waals surface area contributed by atoms with Gasteiger partial charge >= 0.3 is 5.97 Å². The van der Waals surface area contributed by atoms with E-state index in [0.717, 1.165) is 22.0 Å². The maximum Gasteiger partial charge on any atom is 0.325 e. The van der Waals surface area contributed by atoms with Crippen molar-refractivity contribution in [3.05, 3.63) is 102 Å². The number of para-hydroxylation sites is 1.